The number of hydrogen-bond donors (Lipinski definition) is 1. The van der Waals surface area contributed by atoms with Gasteiger partial charge in [0.25, 0.3) is 0 Å². The van der Waals surface area contributed by atoms with Gasteiger partial charge >= 0.3 is 0 Å². The van der Waals surface area contributed by atoms with Crippen molar-refractivity contribution in [2.75, 3.05) is 7.05 Å². The molecule has 13 heavy (non-hydrogen) atoms. The number of benzene rings is 1. The van der Waals surface area contributed by atoms with Crippen LogP contribution >= 0.6 is 15.9 Å². The molecule has 1 unspecified atom stereocenters. The summed E-state index contributed by atoms with van der Waals surface area (Å²) in [7, 11) is 1.86. The number of halogens is 1. The molecule has 1 aromatic carbocycles. The Morgan fingerprint density at radius 3 is 2.62 bits per heavy atom. The molecule has 0 radical (unpaired) electrons. The molecule has 0 heterocycles. The molecular formula is C11H12BrN. The van der Waals surface area contributed by atoms with Crippen LogP contribution in [0, 0.1) is 19.3 Å². The van der Waals surface area contributed by atoms with Crippen molar-refractivity contribution in [1.82, 2.24) is 5.32 Å². The molecule has 2 heteroatoms. The molecule has 1 aromatic rings. The molecule has 68 valence electrons. The van der Waals surface area contributed by atoms with Crippen molar-refractivity contribution < 1.29 is 0 Å². The normalized spacial score (nSPS) is 12.2. The molecule has 0 saturated carbocycles. The van der Waals surface area contributed by atoms with Crippen LogP contribution in [-0.4, -0.2) is 7.05 Å². The minimum Gasteiger partial charge on any atom is -0.303 e. The van der Waals surface area contributed by atoms with Crippen LogP contribution in [0.15, 0.2) is 22.7 Å². The van der Waals surface area contributed by atoms with Crippen molar-refractivity contribution in [1.29, 1.82) is 0 Å². The fourth-order valence-electron chi connectivity index (χ4n) is 1.28. The second kappa shape index (κ2) is 4.45. The van der Waals surface area contributed by atoms with E-state index < -0.39 is 0 Å². The highest BCUT2D eigenvalue weighted by molar-refractivity contribution is 9.10. The molecule has 0 amide bonds. The van der Waals surface area contributed by atoms with Crippen LogP contribution < -0.4 is 5.32 Å². The smallest absolute Gasteiger partial charge is 0.0941 e. The highest BCUT2D eigenvalue weighted by Crippen LogP contribution is 2.19. The lowest BCUT2D eigenvalue weighted by Crippen LogP contribution is -2.14. The standard InChI is InChI=1S/C11H12BrN/c1-4-11(13-3)9-5-8(2)6-10(12)7-9/h1,5-7,11,13H,2-3H3. The van der Waals surface area contributed by atoms with Crippen molar-refractivity contribution in [2.45, 2.75) is 13.0 Å². The first-order valence-electron chi connectivity index (χ1n) is 4.08. The van der Waals surface area contributed by atoms with E-state index in [1.807, 2.05) is 13.1 Å². The first-order valence-corrected chi connectivity index (χ1v) is 4.87. The molecule has 0 bridgehead atoms. The maximum absolute atomic E-state index is 5.39. The Morgan fingerprint density at radius 2 is 2.15 bits per heavy atom. The van der Waals surface area contributed by atoms with Gasteiger partial charge in [0.05, 0.1) is 6.04 Å². The van der Waals surface area contributed by atoms with Crippen LogP contribution in [0.4, 0.5) is 0 Å². The first kappa shape index (κ1) is 10.3. The molecule has 0 aromatic heterocycles. The second-order valence-corrected chi connectivity index (χ2v) is 3.87. The zero-order chi connectivity index (χ0) is 9.84. The van der Waals surface area contributed by atoms with Crippen LogP contribution in [0.25, 0.3) is 0 Å². The maximum atomic E-state index is 5.39. The maximum Gasteiger partial charge on any atom is 0.0941 e. The Hall–Kier alpha value is -0.780. The summed E-state index contributed by atoms with van der Waals surface area (Å²) in [6.45, 7) is 2.05. The average molecular weight is 238 g/mol. The van der Waals surface area contributed by atoms with E-state index in [9.17, 15) is 0 Å². The number of hydrogen-bond acceptors (Lipinski definition) is 1. The van der Waals surface area contributed by atoms with Crippen molar-refractivity contribution in [3.8, 4) is 12.3 Å². The highest BCUT2D eigenvalue weighted by atomic mass is 79.9. The number of nitrogens with one attached hydrogen (secondary N) is 1. The van der Waals surface area contributed by atoms with E-state index in [2.05, 4.69) is 46.2 Å². The number of terminal acetylenes is 1. The van der Waals surface area contributed by atoms with Crippen molar-refractivity contribution >= 4 is 15.9 Å². The third kappa shape index (κ3) is 2.58. The first-order chi connectivity index (χ1) is 6.17. The summed E-state index contributed by atoms with van der Waals surface area (Å²) < 4.78 is 1.07. The summed E-state index contributed by atoms with van der Waals surface area (Å²) in [5.74, 6) is 2.69. The Kier molecular flexibility index (Phi) is 3.53. The zero-order valence-corrected chi connectivity index (χ0v) is 9.35. The third-order valence-electron chi connectivity index (χ3n) is 1.85. The van der Waals surface area contributed by atoms with E-state index in [0.717, 1.165) is 10.0 Å². The van der Waals surface area contributed by atoms with Gasteiger partial charge in [0.2, 0.25) is 0 Å². The van der Waals surface area contributed by atoms with Gasteiger partial charge in [-0.25, -0.2) is 0 Å². The fraction of sp³-hybridized carbons (Fsp3) is 0.273. The minimum absolute atomic E-state index is 0.00352. The van der Waals surface area contributed by atoms with Gasteiger partial charge in [-0.2, -0.15) is 0 Å². The number of aryl methyl sites for hydroxylation is 1. The summed E-state index contributed by atoms with van der Waals surface area (Å²) >= 11 is 3.44. The summed E-state index contributed by atoms with van der Waals surface area (Å²) in [6.07, 6.45) is 5.39. The second-order valence-electron chi connectivity index (χ2n) is 2.95. The van der Waals surface area contributed by atoms with E-state index in [4.69, 9.17) is 6.42 Å². The Balaban J connectivity index is 3.08. The lowest BCUT2D eigenvalue weighted by atomic mass is 10.1. The molecule has 1 atom stereocenters. The fourth-order valence-corrected chi connectivity index (χ4v) is 1.90. The predicted octanol–water partition coefficient (Wildman–Crippen LogP) is 2.65. The Bertz CT molecular complexity index is 318. The molecule has 0 aliphatic heterocycles. The van der Waals surface area contributed by atoms with Gasteiger partial charge in [-0.05, 0) is 37.2 Å². The summed E-state index contributed by atoms with van der Waals surface area (Å²) in [5, 5.41) is 3.07. The SMILES string of the molecule is C#CC(NC)c1cc(C)cc(Br)c1. The molecule has 0 fully saturated rings. The molecular weight excluding hydrogens is 226 g/mol. The minimum atomic E-state index is -0.00352. The van der Waals surface area contributed by atoms with E-state index in [1.54, 1.807) is 0 Å². The van der Waals surface area contributed by atoms with Gasteiger partial charge in [-0.3, -0.25) is 0 Å². The van der Waals surface area contributed by atoms with Gasteiger partial charge in [0.15, 0.2) is 0 Å². The largest absolute Gasteiger partial charge is 0.303 e. The van der Waals surface area contributed by atoms with E-state index in [-0.39, 0.29) is 6.04 Å². The highest BCUT2D eigenvalue weighted by Gasteiger charge is 2.05. The van der Waals surface area contributed by atoms with Gasteiger partial charge < -0.3 is 5.32 Å². The molecule has 0 aliphatic carbocycles. The molecule has 1 nitrogen and oxygen atoms in total. The lowest BCUT2D eigenvalue weighted by Gasteiger charge is -2.10. The summed E-state index contributed by atoms with van der Waals surface area (Å²) in [4.78, 5) is 0. The predicted molar refractivity (Wildman–Crippen MR) is 59.5 cm³/mol. The van der Waals surface area contributed by atoms with Gasteiger partial charge in [-0.15, -0.1) is 6.42 Å². The van der Waals surface area contributed by atoms with Crippen LogP contribution in [0.5, 0.6) is 0 Å². The van der Waals surface area contributed by atoms with Crippen molar-refractivity contribution in [2.24, 2.45) is 0 Å². The summed E-state index contributed by atoms with van der Waals surface area (Å²) in [5.41, 5.74) is 2.33. The summed E-state index contributed by atoms with van der Waals surface area (Å²) in [6, 6.07) is 6.18. The van der Waals surface area contributed by atoms with Gasteiger partial charge in [0, 0.05) is 4.47 Å². The Labute approximate surface area is 87.7 Å². The van der Waals surface area contributed by atoms with E-state index in [1.165, 1.54) is 5.56 Å². The van der Waals surface area contributed by atoms with Gasteiger partial charge in [0.1, 0.15) is 0 Å². The molecule has 1 N–H and O–H groups in total. The van der Waals surface area contributed by atoms with Crippen LogP contribution in [0.2, 0.25) is 0 Å². The van der Waals surface area contributed by atoms with Crippen molar-refractivity contribution in [3.05, 3.63) is 33.8 Å². The van der Waals surface area contributed by atoms with Crippen LogP contribution in [0.1, 0.15) is 17.2 Å². The topological polar surface area (TPSA) is 12.0 Å². The third-order valence-corrected chi connectivity index (χ3v) is 2.31. The quantitative estimate of drug-likeness (QED) is 0.781. The monoisotopic (exact) mass is 237 g/mol. The van der Waals surface area contributed by atoms with Crippen molar-refractivity contribution in [3.63, 3.8) is 0 Å². The zero-order valence-electron chi connectivity index (χ0n) is 7.76. The van der Waals surface area contributed by atoms with Crippen LogP contribution in [-0.2, 0) is 0 Å². The molecule has 0 spiro atoms. The molecule has 1 rings (SSSR count). The lowest BCUT2D eigenvalue weighted by molar-refractivity contribution is 0.735. The average Bonchev–Trinajstić information content (AvgIpc) is 2.04. The van der Waals surface area contributed by atoms with E-state index in [0.29, 0.717) is 0 Å². The van der Waals surface area contributed by atoms with Gasteiger partial charge in [-0.1, -0.05) is 27.9 Å². The molecule has 0 aliphatic rings. The molecule has 0 saturated heterocycles. The van der Waals surface area contributed by atoms with Crippen LogP contribution in [0.3, 0.4) is 0 Å². The van der Waals surface area contributed by atoms with E-state index >= 15 is 0 Å². The number of rotatable bonds is 2. The Morgan fingerprint density at radius 1 is 1.46 bits per heavy atom.